The second-order valence-electron chi connectivity index (χ2n) is 4.91. The van der Waals surface area contributed by atoms with Crippen molar-refractivity contribution in [2.45, 2.75) is 24.9 Å². The molecule has 0 aliphatic carbocycles. The predicted octanol–water partition coefficient (Wildman–Crippen LogP) is 0.378. The summed E-state index contributed by atoms with van der Waals surface area (Å²) in [6, 6.07) is 3.07. The molecule has 0 spiro atoms. The van der Waals surface area contributed by atoms with Crippen LogP contribution in [0.25, 0.3) is 0 Å². The van der Waals surface area contributed by atoms with Crippen molar-refractivity contribution in [3.8, 4) is 0 Å². The molecule has 19 heavy (non-hydrogen) atoms. The number of carbonyl (C=O) groups excluding carboxylic acids is 1. The normalized spacial score (nSPS) is 24.3. The van der Waals surface area contributed by atoms with Crippen LogP contribution in [0.5, 0.6) is 0 Å². The van der Waals surface area contributed by atoms with Gasteiger partial charge in [-0.1, -0.05) is 6.07 Å². The van der Waals surface area contributed by atoms with E-state index in [0.717, 1.165) is 5.56 Å². The van der Waals surface area contributed by atoms with Gasteiger partial charge in [0.15, 0.2) is 0 Å². The molecule has 3 N–H and O–H groups in total. The highest BCUT2D eigenvalue weighted by atomic mass is 19.1. The van der Waals surface area contributed by atoms with Crippen molar-refractivity contribution in [2.75, 3.05) is 19.6 Å². The number of aromatic nitrogens is 1. The molecule has 5 nitrogen and oxygen atoms in total. The Labute approximate surface area is 110 Å². The molecule has 0 aromatic carbocycles. The van der Waals surface area contributed by atoms with Crippen molar-refractivity contribution < 1.29 is 9.18 Å². The molecule has 1 aromatic rings. The number of carbonyl (C=O) groups is 1. The Morgan fingerprint density at radius 3 is 2.95 bits per heavy atom. The van der Waals surface area contributed by atoms with Gasteiger partial charge in [-0.25, -0.2) is 4.39 Å². The molecule has 1 amide bonds. The van der Waals surface area contributed by atoms with Gasteiger partial charge in [-0.15, -0.1) is 0 Å². The van der Waals surface area contributed by atoms with Gasteiger partial charge in [-0.05, 0) is 12.0 Å². The minimum Gasteiger partial charge on any atom is -0.370 e. The van der Waals surface area contributed by atoms with Crippen molar-refractivity contribution in [3.05, 3.63) is 34.2 Å². The zero-order valence-corrected chi connectivity index (χ0v) is 10.6. The molecule has 2 rings (SSSR count). The average molecular weight is 267 g/mol. The first-order valence-corrected chi connectivity index (χ1v) is 6.39. The van der Waals surface area contributed by atoms with Crippen LogP contribution < -0.4 is 11.3 Å². The summed E-state index contributed by atoms with van der Waals surface area (Å²) in [7, 11) is 0. The van der Waals surface area contributed by atoms with Crippen LogP contribution in [0, 0.1) is 0 Å². The van der Waals surface area contributed by atoms with Gasteiger partial charge in [0.05, 0.1) is 0 Å². The Kier molecular flexibility index (Phi) is 4.31. The lowest BCUT2D eigenvalue weighted by Gasteiger charge is -2.35. The maximum absolute atomic E-state index is 14.0. The molecule has 6 heteroatoms. The van der Waals surface area contributed by atoms with Crippen molar-refractivity contribution in [1.29, 1.82) is 0 Å². The number of hydrogen-bond acceptors (Lipinski definition) is 3. The number of likely N-dealkylation sites (tertiary alicyclic amines) is 1. The van der Waals surface area contributed by atoms with Gasteiger partial charge in [0.2, 0.25) is 11.5 Å². The second kappa shape index (κ2) is 5.97. The second-order valence-corrected chi connectivity index (χ2v) is 4.91. The standard InChI is InChI=1S/C13H18FN3O2/c14-11-3-5-17(6-4-12(15)18)8-10(11)9-1-2-13(19)16-7-9/h1-2,7,10-11H,3-6,8H2,(H2,15,18)(H,16,19). The lowest BCUT2D eigenvalue weighted by Crippen LogP contribution is -2.41. The molecule has 0 radical (unpaired) electrons. The van der Waals surface area contributed by atoms with E-state index in [1.54, 1.807) is 12.3 Å². The molecular weight excluding hydrogens is 249 g/mol. The van der Waals surface area contributed by atoms with E-state index in [2.05, 4.69) is 4.98 Å². The summed E-state index contributed by atoms with van der Waals surface area (Å²) in [5.74, 6) is -0.610. The Morgan fingerprint density at radius 1 is 1.53 bits per heavy atom. The molecule has 2 unspecified atom stereocenters. The number of H-pyrrole nitrogens is 1. The summed E-state index contributed by atoms with van der Waals surface area (Å²) in [5.41, 5.74) is 5.71. The highest BCUT2D eigenvalue weighted by Gasteiger charge is 2.30. The van der Waals surface area contributed by atoms with E-state index in [9.17, 15) is 14.0 Å². The van der Waals surface area contributed by atoms with Crippen molar-refractivity contribution >= 4 is 5.91 Å². The summed E-state index contributed by atoms with van der Waals surface area (Å²) in [6.07, 6.45) is 1.37. The molecule has 1 aliphatic rings. The number of primary amides is 1. The number of hydrogen-bond donors (Lipinski definition) is 2. The molecule has 1 aliphatic heterocycles. The third-order valence-electron chi connectivity index (χ3n) is 3.52. The van der Waals surface area contributed by atoms with E-state index in [4.69, 9.17) is 5.73 Å². The van der Waals surface area contributed by atoms with Crippen LogP contribution in [0.4, 0.5) is 4.39 Å². The number of amides is 1. The fourth-order valence-corrected chi connectivity index (χ4v) is 2.43. The Hall–Kier alpha value is -1.69. The first-order valence-electron chi connectivity index (χ1n) is 6.39. The number of alkyl halides is 1. The van der Waals surface area contributed by atoms with Crippen LogP contribution in [-0.2, 0) is 4.79 Å². The topological polar surface area (TPSA) is 79.2 Å². The number of pyridine rings is 1. The minimum atomic E-state index is -0.921. The molecule has 0 saturated carbocycles. The van der Waals surface area contributed by atoms with E-state index >= 15 is 0 Å². The van der Waals surface area contributed by atoms with Crippen molar-refractivity contribution in [1.82, 2.24) is 9.88 Å². The van der Waals surface area contributed by atoms with Gasteiger partial charge >= 0.3 is 0 Å². The minimum absolute atomic E-state index is 0.194. The molecule has 104 valence electrons. The van der Waals surface area contributed by atoms with Gasteiger partial charge < -0.3 is 15.6 Å². The third-order valence-corrected chi connectivity index (χ3v) is 3.52. The van der Waals surface area contributed by atoms with Gasteiger partial charge in [0, 0.05) is 44.2 Å². The number of nitrogens with one attached hydrogen (secondary N) is 1. The van der Waals surface area contributed by atoms with E-state index in [-0.39, 0.29) is 23.8 Å². The molecule has 0 bridgehead atoms. The predicted molar refractivity (Wildman–Crippen MR) is 69.6 cm³/mol. The van der Waals surface area contributed by atoms with Gasteiger partial charge in [0.1, 0.15) is 6.17 Å². The van der Waals surface area contributed by atoms with E-state index in [0.29, 0.717) is 26.1 Å². The van der Waals surface area contributed by atoms with Crippen molar-refractivity contribution in [2.24, 2.45) is 5.73 Å². The quantitative estimate of drug-likeness (QED) is 0.827. The van der Waals surface area contributed by atoms with Gasteiger partial charge in [-0.3, -0.25) is 9.59 Å². The number of nitrogens with two attached hydrogens (primary N) is 1. The first-order chi connectivity index (χ1) is 9.06. The first kappa shape index (κ1) is 13.7. The van der Waals surface area contributed by atoms with E-state index < -0.39 is 6.17 Å². The Morgan fingerprint density at radius 2 is 2.32 bits per heavy atom. The SMILES string of the molecule is NC(=O)CCN1CCC(F)C(c2ccc(=O)[nH]c2)C1. The summed E-state index contributed by atoms with van der Waals surface area (Å²) in [5, 5.41) is 0. The fraction of sp³-hybridized carbons (Fsp3) is 0.538. The fourth-order valence-electron chi connectivity index (χ4n) is 2.43. The van der Waals surface area contributed by atoms with Crippen LogP contribution in [0.1, 0.15) is 24.3 Å². The molecule has 1 aromatic heterocycles. The molecule has 2 atom stereocenters. The zero-order chi connectivity index (χ0) is 13.8. The monoisotopic (exact) mass is 267 g/mol. The molecule has 2 heterocycles. The highest BCUT2D eigenvalue weighted by Crippen LogP contribution is 2.28. The maximum atomic E-state index is 14.0. The van der Waals surface area contributed by atoms with Gasteiger partial charge in [0.25, 0.3) is 0 Å². The third kappa shape index (κ3) is 3.64. The van der Waals surface area contributed by atoms with Crippen LogP contribution in [0.15, 0.2) is 23.1 Å². The lowest BCUT2D eigenvalue weighted by molar-refractivity contribution is -0.118. The van der Waals surface area contributed by atoms with E-state index in [1.165, 1.54) is 6.07 Å². The zero-order valence-electron chi connectivity index (χ0n) is 10.6. The molecule has 1 fully saturated rings. The summed E-state index contributed by atoms with van der Waals surface area (Å²) in [6.45, 7) is 1.73. The van der Waals surface area contributed by atoms with Crippen LogP contribution in [0.3, 0.4) is 0 Å². The number of nitrogens with zero attached hydrogens (tertiary/aromatic N) is 1. The number of rotatable bonds is 4. The Balaban J connectivity index is 2.03. The van der Waals surface area contributed by atoms with Crippen LogP contribution in [0.2, 0.25) is 0 Å². The summed E-state index contributed by atoms with van der Waals surface area (Å²) in [4.78, 5) is 26.4. The number of halogens is 1. The van der Waals surface area contributed by atoms with Crippen LogP contribution >= 0.6 is 0 Å². The Bertz CT molecular complexity index is 482. The molecular formula is C13H18FN3O2. The highest BCUT2D eigenvalue weighted by molar-refractivity contribution is 5.73. The number of piperidine rings is 1. The van der Waals surface area contributed by atoms with Crippen molar-refractivity contribution in [3.63, 3.8) is 0 Å². The number of aromatic amines is 1. The largest absolute Gasteiger partial charge is 0.370 e. The lowest BCUT2D eigenvalue weighted by atomic mass is 9.90. The average Bonchev–Trinajstić information content (AvgIpc) is 2.39. The molecule has 1 saturated heterocycles. The van der Waals surface area contributed by atoms with E-state index in [1.807, 2.05) is 4.90 Å². The smallest absolute Gasteiger partial charge is 0.247 e. The summed E-state index contributed by atoms with van der Waals surface area (Å²) >= 11 is 0. The van der Waals surface area contributed by atoms with Crippen LogP contribution in [-0.4, -0.2) is 41.6 Å². The summed E-state index contributed by atoms with van der Waals surface area (Å²) < 4.78 is 14.0. The van der Waals surface area contributed by atoms with Gasteiger partial charge in [-0.2, -0.15) is 0 Å². The maximum Gasteiger partial charge on any atom is 0.247 e.